The van der Waals surface area contributed by atoms with E-state index in [1.807, 2.05) is 12.1 Å². The predicted octanol–water partition coefficient (Wildman–Crippen LogP) is -2.84. The van der Waals surface area contributed by atoms with E-state index in [0.29, 0.717) is 0 Å². The van der Waals surface area contributed by atoms with Gasteiger partial charge >= 0.3 is 18.6 Å². The number of hydrogen-bond acceptors (Lipinski definition) is 1. The zero-order valence-corrected chi connectivity index (χ0v) is 18.4. The second kappa shape index (κ2) is 12.4. The first-order valence-electron chi connectivity index (χ1n) is 8.33. The molecule has 1 aliphatic carbocycles. The van der Waals surface area contributed by atoms with Gasteiger partial charge in [0.25, 0.3) is 0 Å². The first kappa shape index (κ1) is 25.9. The van der Waals surface area contributed by atoms with Crippen LogP contribution in [0, 0.1) is 0 Å². The molecule has 0 unspecified atom stereocenters. The maximum absolute atomic E-state index is 4.58. The zero-order valence-electron chi connectivity index (χ0n) is 14.7. The third kappa shape index (κ3) is 5.70. The summed E-state index contributed by atoms with van der Waals surface area (Å²) in [5.41, 5.74) is 3.17. The van der Waals surface area contributed by atoms with E-state index in [-0.39, 0.29) is 55.8 Å². The van der Waals surface area contributed by atoms with Gasteiger partial charge in [0.1, 0.15) is 0 Å². The summed E-state index contributed by atoms with van der Waals surface area (Å²) in [5, 5.41) is 5.64. The van der Waals surface area contributed by atoms with E-state index in [9.17, 15) is 0 Å². The van der Waals surface area contributed by atoms with Crippen LogP contribution in [0.4, 0.5) is 0 Å². The smallest absolute Gasteiger partial charge is 1.00 e. The third-order valence-electron chi connectivity index (χ3n) is 4.68. The van der Waals surface area contributed by atoms with Crippen LogP contribution < -0.4 is 37.2 Å². The molecule has 0 fully saturated rings. The third-order valence-corrected chi connectivity index (χ3v) is 4.68. The number of halogens is 3. The first-order valence-corrected chi connectivity index (χ1v) is 8.33. The molecule has 1 aliphatic rings. The molecule has 0 N–H and O–H groups in total. The Bertz CT molecular complexity index is 922. The molecule has 3 aromatic carbocycles. The summed E-state index contributed by atoms with van der Waals surface area (Å²) in [6.07, 6.45) is 8.47. The van der Waals surface area contributed by atoms with E-state index in [2.05, 4.69) is 52.9 Å². The van der Waals surface area contributed by atoms with Crippen molar-refractivity contribution in [1.82, 2.24) is 0 Å². The molecule has 0 spiro atoms. The molecule has 140 valence electrons. The maximum atomic E-state index is 4.58. The standard InChI is InChI=1S/C18H16.C4H4O.3ClH.V/c1-3-7-15-13(5-1)9-11-18-16-8-4-2-6-14(16)10-12-17(15)18;1-2-4-5-3-1;;;;/h1,3,5,7,9-12H,2,4,6,8H2;1-4H;3*1H;/q;;;;;+3/p-3. The summed E-state index contributed by atoms with van der Waals surface area (Å²) < 4.78 is 4.58. The summed E-state index contributed by atoms with van der Waals surface area (Å²) in [6, 6.07) is 21.6. The van der Waals surface area contributed by atoms with Gasteiger partial charge in [-0.25, -0.2) is 0 Å². The monoisotopic (exact) mass is 456 g/mol. The quantitative estimate of drug-likeness (QED) is 0.259. The molecule has 0 saturated heterocycles. The van der Waals surface area contributed by atoms with Crippen LogP contribution in [0.25, 0.3) is 21.5 Å². The van der Waals surface area contributed by atoms with E-state index in [1.165, 1.54) is 47.2 Å². The minimum absolute atomic E-state index is 0. The average molecular weight is 458 g/mol. The number of benzene rings is 3. The molecule has 5 heteroatoms. The molecule has 0 amide bonds. The topological polar surface area (TPSA) is 13.1 Å². The van der Waals surface area contributed by atoms with Gasteiger partial charge in [-0.15, -0.1) is 0 Å². The molecule has 0 bridgehead atoms. The molecule has 0 radical (unpaired) electrons. The molecule has 5 rings (SSSR count). The summed E-state index contributed by atoms with van der Waals surface area (Å²) in [7, 11) is 0. The number of rotatable bonds is 0. The number of fused-ring (bicyclic) bond motifs is 5. The van der Waals surface area contributed by atoms with Crippen molar-refractivity contribution in [2.45, 2.75) is 25.7 Å². The van der Waals surface area contributed by atoms with Crippen LogP contribution in [-0.4, -0.2) is 0 Å². The molecule has 1 heterocycles. The van der Waals surface area contributed by atoms with E-state index in [4.69, 9.17) is 0 Å². The fourth-order valence-electron chi connectivity index (χ4n) is 3.57. The number of aryl methyl sites for hydroxylation is 2. The Kier molecular flexibility index (Phi) is 11.9. The van der Waals surface area contributed by atoms with Crippen LogP contribution in [0.5, 0.6) is 0 Å². The normalized spacial score (nSPS) is 11.4. The second-order valence-corrected chi connectivity index (χ2v) is 6.09. The van der Waals surface area contributed by atoms with Crippen molar-refractivity contribution < 1.29 is 60.2 Å². The van der Waals surface area contributed by atoms with Crippen molar-refractivity contribution in [1.29, 1.82) is 0 Å². The molecule has 0 aliphatic heterocycles. The van der Waals surface area contributed by atoms with Gasteiger partial charge in [0.15, 0.2) is 0 Å². The Labute approximate surface area is 191 Å². The summed E-state index contributed by atoms with van der Waals surface area (Å²) in [4.78, 5) is 0. The molecular formula is C22H20Cl3OV. The molecule has 1 aromatic heterocycles. The number of furan rings is 1. The molecule has 0 saturated carbocycles. The van der Waals surface area contributed by atoms with Crippen LogP contribution >= 0.6 is 0 Å². The molecule has 0 atom stereocenters. The van der Waals surface area contributed by atoms with Gasteiger partial charge in [0.2, 0.25) is 0 Å². The summed E-state index contributed by atoms with van der Waals surface area (Å²) in [6.45, 7) is 0. The van der Waals surface area contributed by atoms with Crippen molar-refractivity contribution in [3.8, 4) is 0 Å². The van der Waals surface area contributed by atoms with Gasteiger partial charge in [0, 0.05) is 0 Å². The molecule has 27 heavy (non-hydrogen) atoms. The van der Waals surface area contributed by atoms with Gasteiger partial charge in [-0.3, -0.25) is 0 Å². The Morgan fingerprint density at radius 2 is 1.26 bits per heavy atom. The largest absolute Gasteiger partial charge is 3.00 e. The van der Waals surface area contributed by atoms with Gasteiger partial charge in [-0.1, -0.05) is 48.5 Å². The van der Waals surface area contributed by atoms with E-state index >= 15 is 0 Å². The fraction of sp³-hybridized carbons (Fsp3) is 0.182. The Morgan fingerprint density at radius 1 is 0.593 bits per heavy atom. The van der Waals surface area contributed by atoms with Crippen LogP contribution in [0.15, 0.2) is 77.6 Å². The summed E-state index contributed by atoms with van der Waals surface area (Å²) in [5.74, 6) is 0. The first-order chi connectivity index (χ1) is 11.4. The van der Waals surface area contributed by atoms with Gasteiger partial charge < -0.3 is 41.6 Å². The number of hydrogen-bond donors (Lipinski definition) is 0. The van der Waals surface area contributed by atoms with Crippen molar-refractivity contribution in [3.05, 3.63) is 84.3 Å². The van der Waals surface area contributed by atoms with Crippen LogP contribution in [0.3, 0.4) is 0 Å². The van der Waals surface area contributed by atoms with Crippen molar-refractivity contribution in [3.63, 3.8) is 0 Å². The SMILES string of the molecule is [Cl-].[Cl-].[Cl-].[V+3].c1ccc2c(c1)ccc1c3c(ccc12)CCCC3.c1ccoc1. The van der Waals surface area contributed by atoms with Crippen molar-refractivity contribution in [2.75, 3.05) is 0 Å². The Balaban J connectivity index is 0.000000666. The van der Waals surface area contributed by atoms with E-state index in [0.717, 1.165) is 0 Å². The van der Waals surface area contributed by atoms with Crippen LogP contribution in [0.1, 0.15) is 24.0 Å². The molecule has 4 aromatic rings. The van der Waals surface area contributed by atoms with E-state index in [1.54, 1.807) is 23.7 Å². The zero-order chi connectivity index (χ0) is 15.5. The average Bonchev–Trinajstić information content (AvgIpc) is 3.21. The minimum Gasteiger partial charge on any atom is -1.00 e. The molecule has 1 nitrogen and oxygen atoms in total. The van der Waals surface area contributed by atoms with Crippen molar-refractivity contribution >= 4 is 21.5 Å². The van der Waals surface area contributed by atoms with Gasteiger partial charge in [-0.05, 0) is 70.5 Å². The van der Waals surface area contributed by atoms with Crippen molar-refractivity contribution in [2.24, 2.45) is 0 Å². The Morgan fingerprint density at radius 3 is 1.96 bits per heavy atom. The van der Waals surface area contributed by atoms with Crippen LogP contribution in [-0.2, 0) is 31.4 Å². The maximum Gasteiger partial charge on any atom is 3.00 e. The summed E-state index contributed by atoms with van der Waals surface area (Å²) >= 11 is 0. The Hall–Kier alpha value is -1.09. The fourth-order valence-corrected chi connectivity index (χ4v) is 3.57. The second-order valence-electron chi connectivity index (χ2n) is 6.09. The van der Waals surface area contributed by atoms with Gasteiger partial charge in [-0.2, -0.15) is 0 Å². The minimum atomic E-state index is 0. The van der Waals surface area contributed by atoms with E-state index < -0.39 is 0 Å². The van der Waals surface area contributed by atoms with Gasteiger partial charge in [0.05, 0.1) is 12.5 Å². The molecular weight excluding hydrogens is 438 g/mol. The van der Waals surface area contributed by atoms with Crippen LogP contribution in [0.2, 0.25) is 0 Å². The predicted molar refractivity (Wildman–Crippen MR) is 96.8 cm³/mol.